The highest BCUT2D eigenvalue weighted by Crippen LogP contribution is 2.45. The van der Waals surface area contributed by atoms with Crippen molar-refractivity contribution in [2.45, 2.75) is 55.4 Å². The third-order valence-electron chi connectivity index (χ3n) is 9.96. The Kier molecular flexibility index (Phi) is 8.68. The number of fused-ring (bicyclic) bond motifs is 2. The third kappa shape index (κ3) is 6.36. The van der Waals surface area contributed by atoms with Crippen molar-refractivity contribution < 1.29 is 9.59 Å². The average Bonchev–Trinajstić information content (AvgIpc) is 3.56. The predicted molar refractivity (Wildman–Crippen MR) is 217 cm³/mol. The Labute approximate surface area is 305 Å². The van der Waals surface area contributed by atoms with Gasteiger partial charge in [-0.3, -0.25) is 9.59 Å². The molecule has 1 aromatic heterocycles. The van der Waals surface area contributed by atoms with E-state index in [1.165, 1.54) is 21.5 Å². The standard InChI is InChI=1S/C48H44O2S/c1-29-25-33(27-39(45(29)49)47(3,4)5)43(37-21-13-17-31-15-9-11-19-35(31)37)41-23-24-42(51-41)44(38-22-14-18-32-16-10-12-20-36(32)38)34-26-30(2)46(50)40(28-34)48(6,7)8/h9-28H,1-8H3. The molecule has 4 aromatic carbocycles. The number of benzene rings is 4. The molecule has 0 atom stereocenters. The largest absolute Gasteiger partial charge is 0.289 e. The minimum atomic E-state index is -0.312. The molecule has 0 bridgehead atoms. The van der Waals surface area contributed by atoms with Crippen LogP contribution in [0.3, 0.4) is 0 Å². The third-order valence-corrected chi connectivity index (χ3v) is 11.1. The van der Waals surface area contributed by atoms with Crippen LogP contribution >= 0.6 is 11.3 Å². The number of hydrogen-bond donors (Lipinski definition) is 0. The van der Waals surface area contributed by atoms with Crippen molar-refractivity contribution in [3.8, 4) is 0 Å². The summed E-state index contributed by atoms with van der Waals surface area (Å²) in [7, 11) is 0. The molecule has 2 aliphatic rings. The average molecular weight is 685 g/mol. The van der Waals surface area contributed by atoms with E-state index in [0.717, 1.165) is 65.5 Å². The quantitative estimate of drug-likeness (QED) is 0.189. The number of carbonyl (C=O) groups is 2. The van der Waals surface area contributed by atoms with Crippen LogP contribution in [0.5, 0.6) is 0 Å². The second kappa shape index (κ2) is 12.9. The molecule has 0 fully saturated rings. The van der Waals surface area contributed by atoms with Crippen molar-refractivity contribution in [2.75, 3.05) is 0 Å². The molecule has 0 saturated heterocycles. The summed E-state index contributed by atoms with van der Waals surface area (Å²) in [6.07, 6.45) is 8.37. The van der Waals surface area contributed by atoms with Gasteiger partial charge in [-0.15, -0.1) is 11.3 Å². The van der Waals surface area contributed by atoms with Crippen LogP contribution in [-0.2, 0) is 9.59 Å². The Morgan fingerprint density at radius 2 is 0.843 bits per heavy atom. The van der Waals surface area contributed by atoms with E-state index in [9.17, 15) is 9.59 Å². The lowest BCUT2D eigenvalue weighted by Crippen LogP contribution is -2.21. The van der Waals surface area contributed by atoms with E-state index in [-0.39, 0.29) is 22.4 Å². The molecule has 0 radical (unpaired) electrons. The molecular formula is C48H44O2S. The number of hydrogen-bond acceptors (Lipinski definition) is 3. The van der Waals surface area contributed by atoms with Gasteiger partial charge in [-0.05, 0) is 116 Å². The lowest BCUT2D eigenvalue weighted by molar-refractivity contribution is -0.113. The van der Waals surface area contributed by atoms with Gasteiger partial charge < -0.3 is 0 Å². The van der Waals surface area contributed by atoms with E-state index < -0.39 is 0 Å². The molecule has 51 heavy (non-hydrogen) atoms. The Balaban J connectivity index is 1.56. The van der Waals surface area contributed by atoms with Gasteiger partial charge in [0.05, 0.1) is 0 Å². The summed E-state index contributed by atoms with van der Waals surface area (Å²) in [6.45, 7) is 16.5. The fourth-order valence-corrected chi connectivity index (χ4v) is 8.47. The van der Waals surface area contributed by atoms with Crippen molar-refractivity contribution >= 4 is 55.6 Å². The molecule has 1 heterocycles. The van der Waals surface area contributed by atoms with Crippen molar-refractivity contribution in [2.24, 2.45) is 10.8 Å². The summed E-state index contributed by atoms with van der Waals surface area (Å²) in [5.74, 6) is 0.211. The first-order valence-corrected chi connectivity index (χ1v) is 18.5. The zero-order valence-corrected chi connectivity index (χ0v) is 31.6. The second-order valence-corrected chi connectivity index (χ2v) is 16.9. The van der Waals surface area contributed by atoms with Gasteiger partial charge in [-0.2, -0.15) is 0 Å². The van der Waals surface area contributed by atoms with E-state index in [1.807, 2.05) is 13.8 Å². The number of carbonyl (C=O) groups excluding carboxylic acids is 2. The highest BCUT2D eigenvalue weighted by atomic mass is 32.1. The molecule has 0 N–H and O–H groups in total. The van der Waals surface area contributed by atoms with Crippen LogP contribution in [0.4, 0.5) is 0 Å². The first kappa shape index (κ1) is 34.3. The lowest BCUT2D eigenvalue weighted by Gasteiger charge is -2.26. The molecule has 254 valence electrons. The first-order chi connectivity index (χ1) is 24.2. The molecule has 0 saturated carbocycles. The lowest BCUT2D eigenvalue weighted by atomic mass is 9.77. The van der Waals surface area contributed by atoms with Crippen LogP contribution in [0.1, 0.15) is 76.3 Å². The monoisotopic (exact) mass is 684 g/mol. The Morgan fingerprint density at radius 1 is 0.471 bits per heavy atom. The van der Waals surface area contributed by atoms with Crippen molar-refractivity contribution in [1.29, 1.82) is 0 Å². The maximum absolute atomic E-state index is 13.5. The van der Waals surface area contributed by atoms with Crippen LogP contribution in [-0.4, -0.2) is 11.6 Å². The zero-order chi connectivity index (χ0) is 36.2. The highest BCUT2D eigenvalue weighted by Gasteiger charge is 2.31. The van der Waals surface area contributed by atoms with Gasteiger partial charge in [-0.1, -0.05) is 126 Å². The van der Waals surface area contributed by atoms with Gasteiger partial charge in [0.15, 0.2) is 11.6 Å². The van der Waals surface area contributed by atoms with Crippen LogP contribution < -0.4 is 0 Å². The molecule has 3 heteroatoms. The minimum absolute atomic E-state index is 0.105. The Hall–Kier alpha value is -5.12. The molecule has 0 aliphatic heterocycles. The van der Waals surface area contributed by atoms with E-state index in [4.69, 9.17) is 0 Å². The number of rotatable bonds is 4. The van der Waals surface area contributed by atoms with Gasteiger partial charge in [-0.25, -0.2) is 0 Å². The van der Waals surface area contributed by atoms with E-state index in [1.54, 1.807) is 11.3 Å². The molecule has 2 aliphatic carbocycles. The maximum Gasteiger partial charge on any atom is 0.185 e. The summed E-state index contributed by atoms with van der Waals surface area (Å²) in [5.41, 5.74) is 9.06. The predicted octanol–water partition coefficient (Wildman–Crippen LogP) is 12.7. The Bertz CT molecular complexity index is 2290. The molecule has 5 aromatic rings. The van der Waals surface area contributed by atoms with Crippen LogP contribution in [0.2, 0.25) is 0 Å². The number of ketones is 2. The zero-order valence-electron chi connectivity index (χ0n) is 30.8. The summed E-state index contributed by atoms with van der Waals surface area (Å²) < 4.78 is 0. The number of thiophene rings is 1. The summed E-state index contributed by atoms with van der Waals surface area (Å²) in [4.78, 5) is 29.2. The topological polar surface area (TPSA) is 34.1 Å². The molecule has 7 rings (SSSR count). The Morgan fingerprint density at radius 3 is 1.24 bits per heavy atom. The normalized spacial score (nSPS) is 17.6. The van der Waals surface area contributed by atoms with Gasteiger partial charge in [0.2, 0.25) is 0 Å². The van der Waals surface area contributed by atoms with E-state index in [2.05, 4.69) is 163 Å². The van der Waals surface area contributed by atoms with Crippen molar-refractivity contribution in [1.82, 2.24) is 0 Å². The summed E-state index contributed by atoms with van der Waals surface area (Å²) in [5, 5.41) is 4.67. The molecule has 0 amide bonds. The number of allylic oxidation sites excluding steroid dienone is 10. The maximum atomic E-state index is 13.5. The van der Waals surface area contributed by atoms with Crippen LogP contribution in [0.25, 0.3) is 32.7 Å². The summed E-state index contributed by atoms with van der Waals surface area (Å²) >= 11 is 1.76. The van der Waals surface area contributed by atoms with E-state index >= 15 is 0 Å². The SMILES string of the molecule is CC1=CC(=C(c2ccc(C(=C3C=C(C)C(=O)C(C(C)(C)C)=C3)c3cccc4ccccc34)s2)c2cccc3ccccc23)C=C(C(C)(C)C)C1=O. The second-order valence-electron chi connectivity index (χ2n) is 15.8. The van der Waals surface area contributed by atoms with Gasteiger partial charge in [0.1, 0.15) is 0 Å². The van der Waals surface area contributed by atoms with Crippen molar-refractivity contribution in [3.63, 3.8) is 0 Å². The fourth-order valence-electron chi connectivity index (χ4n) is 7.31. The molecule has 2 nitrogen and oxygen atoms in total. The van der Waals surface area contributed by atoms with Gasteiger partial charge in [0.25, 0.3) is 0 Å². The summed E-state index contributed by atoms with van der Waals surface area (Å²) in [6, 6.07) is 34.5. The fraction of sp³-hybridized carbons (Fsp3) is 0.208. The molecular weight excluding hydrogens is 641 g/mol. The highest BCUT2D eigenvalue weighted by molar-refractivity contribution is 7.14. The van der Waals surface area contributed by atoms with E-state index in [0.29, 0.717) is 0 Å². The van der Waals surface area contributed by atoms with Crippen LogP contribution in [0, 0.1) is 10.8 Å². The smallest absolute Gasteiger partial charge is 0.185 e. The molecule has 0 unspecified atom stereocenters. The number of Topliss-reactive ketones (excluding diaryl/α,β-unsaturated/α-hetero) is 2. The first-order valence-electron chi connectivity index (χ1n) is 17.7. The molecule has 0 spiro atoms. The van der Waals surface area contributed by atoms with Gasteiger partial charge >= 0.3 is 0 Å². The van der Waals surface area contributed by atoms with Gasteiger partial charge in [0, 0.05) is 32.0 Å². The van der Waals surface area contributed by atoms with Crippen molar-refractivity contribution in [3.05, 3.63) is 176 Å². The van der Waals surface area contributed by atoms with Crippen LogP contribution in [0.15, 0.2) is 155 Å². The minimum Gasteiger partial charge on any atom is -0.289 e.